The lowest BCUT2D eigenvalue weighted by Gasteiger charge is -2.36. The van der Waals surface area contributed by atoms with Crippen LogP contribution in [0.3, 0.4) is 0 Å². The van der Waals surface area contributed by atoms with Crippen molar-refractivity contribution in [1.82, 2.24) is 15.5 Å². The summed E-state index contributed by atoms with van der Waals surface area (Å²) in [7, 11) is 0. The molecule has 7 heteroatoms. The van der Waals surface area contributed by atoms with Crippen LogP contribution in [0.4, 0.5) is 4.79 Å². The Morgan fingerprint density at radius 1 is 1.03 bits per heavy atom. The van der Waals surface area contributed by atoms with Gasteiger partial charge < -0.3 is 20.3 Å². The Morgan fingerprint density at radius 2 is 1.59 bits per heavy atom. The van der Waals surface area contributed by atoms with E-state index in [1.54, 1.807) is 32.6 Å². The zero-order valence-electron chi connectivity index (χ0n) is 21.2. The number of carbonyl (C=O) groups is 3. The van der Waals surface area contributed by atoms with Crippen molar-refractivity contribution in [2.24, 2.45) is 0 Å². The molecule has 0 spiro atoms. The molecule has 32 heavy (non-hydrogen) atoms. The lowest BCUT2D eigenvalue weighted by atomic mass is 9.97. The quantitative estimate of drug-likeness (QED) is 0.549. The molecule has 0 radical (unpaired) electrons. The fourth-order valence-corrected chi connectivity index (χ4v) is 3.54. The first-order valence-electron chi connectivity index (χ1n) is 11.4. The fourth-order valence-electron chi connectivity index (χ4n) is 3.54. The Bertz CT molecular complexity index is 779. The third kappa shape index (κ3) is 8.52. The third-order valence-electron chi connectivity index (χ3n) is 4.83. The van der Waals surface area contributed by atoms with Crippen molar-refractivity contribution < 1.29 is 19.1 Å². The van der Waals surface area contributed by atoms with Gasteiger partial charge >= 0.3 is 6.09 Å². The summed E-state index contributed by atoms with van der Waals surface area (Å²) in [5.41, 5.74) is 2.11. The number of benzene rings is 1. The normalized spacial score (nSPS) is 13.3. The Hall–Kier alpha value is -2.57. The molecule has 2 unspecified atom stereocenters. The second-order valence-electron chi connectivity index (χ2n) is 9.68. The van der Waals surface area contributed by atoms with Crippen molar-refractivity contribution in [3.05, 3.63) is 34.9 Å². The van der Waals surface area contributed by atoms with Gasteiger partial charge in [0.2, 0.25) is 11.8 Å². The summed E-state index contributed by atoms with van der Waals surface area (Å²) < 4.78 is 5.29. The molecule has 0 heterocycles. The van der Waals surface area contributed by atoms with Gasteiger partial charge in [-0.1, -0.05) is 42.7 Å². The van der Waals surface area contributed by atoms with Gasteiger partial charge in [-0.2, -0.15) is 0 Å². The topological polar surface area (TPSA) is 87.7 Å². The van der Waals surface area contributed by atoms with Gasteiger partial charge in [0.1, 0.15) is 17.7 Å². The number of unbranched alkanes of at least 4 members (excludes halogenated alkanes) is 1. The first kappa shape index (κ1) is 27.5. The third-order valence-corrected chi connectivity index (χ3v) is 4.83. The van der Waals surface area contributed by atoms with Gasteiger partial charge in [-0.25, -0.2) is 4.79 Å². The number of nitrogens with zero attached hydrogens (tertiary/aromatic N) is 1. The highest BCUT2D eigenvalue weighted by molar-refractivity contribution is 5.92. The largest absolute Gasteiger partial charge is 0.444 e. The second kappa shape index (κ2) is 11.9. The number of hydrogen-bond donors (Lipinski definition) is 2. The predicted octanol–water partition coefficient (Wildman–Crippen LogP) is 4.41. The summed E-state index contributed by atoms with van der Waals surface area (Å²) in [5, 5.41) is 5.59. The number of amides is 3. The van der Waals surface area contributed by atoms with Crippen molar-refractivity contribution in [1.29, 1.82) is 0 Å². The Kier molecular flexibility index (Phi) is 10.2. The Labute approximate surface area is 193 Å². The van der Waals surface area contributed by atoms with Gasteiger partial charge in [0.05, 0.1) is 0 Å². The first-order valence-corrected chi connectivity index (χ1v) is 11.4. The molecule has 2 N–H and O–H groups in total. The minimum Gasteiger partial charge on any atom is -0.444 e. The summed E-state index contributed by atoms with van der Waals surface area (Å²) >= 11 is 0. The fraction of sp³-hybridized carbons (Fsp3) is 0.640. The second-order valence-corrected chi connectivity index (χ2v) is 9.68. The van der Waals surface area contributed by atoms with Gasteiger partial charge in [0.25, 0.3) is 0 Å². The van der Waals surface area contributed by atoms with E-state index >= 15 is 0 Å². The molecule has 1 aromatic rings. The number of alkyl carbamates (subject to hydrolysis) is 1. The van der Waals surface area contributed by atoms with Gasteiger partial charge in [0, 0.05) is 12.6 Å². The summed E-state index contributed by atoms with van der Waals surface area (Å²) in [6.07, 6.45) is 1.15. The number of carbonyl (C=O) groups excluding carboxylic acids is 3. The molecule has 1 aromatic carbocycles. The zero-order valence-corrected chi connectivity index (χ0v) is 21.2. The van der Waals surface area contributed by atoms with Crippen molar-refractivity contribution >= 4 is 17.9 Å². The van der Waals surface area contributed by atoms with Crippen LogP contribution in [0.1, 0.15) is 84.0 Å². The van der Waals surface area contributed by atoms with Gasteiger partial charge in [-0.15, -0.1) is 0 Å². The lowest BCUT2D eigenvalue weighted by molar-refractivity contribution is -0.144. The predicted molar refractivity (Wildman–Crippen MR) is 127 cm³/mol. The summed E-state index contributed by atoms with van der Waals surface area (Å²) in [4.78, 5) is 40.6. The maximum atomic E-state index is 13.5. The average Bonchev–Trinajstić information content (AvgIpc) is 2.62. The lowest BCUT2D eigenvalue weighted by Crippen LogP contribution is -2.54. The van der Waals surface area contributed by atoms with Crippen LogP contribution in [0, 0.1) is 13.8 Å². The minimum absolute atomic E-state index is 0.227. The van der Waals surface area contributed by atoms with E-state index in [1.807, 2.05) is 45.9 Å². The van der Waals surface area contributed by atoms with E-state index < -0.39 is 23.8 Å². The van der Waals surface area contributed by atoms with Crippen molar-refractivity contribution in [3.8, 4) is 0 Å². The van der Waals surface area contributed by atoms with Gasteiger partial charge in [0.15, 0.2) is 0 Å². The van der Waals surface area contributed by atoms with E-state index in [9.17, 15) is 14.4 Å². The standard InChI is InChI=1S/C25H41N3O4/c1-10-11-12-26-22(29)21(20-14-17(4)13-18(5)15-20)28(16(2)3)23(30)19(6)27-24(31)32-25(7,8)9/h13-16,19,21H,10-12H2,1-9H3,(H,26,29)(H,27,31). The molecular weight excluding hydrogens is 406 g/mol. The molecule has 3 amide bonds. The van der Waals surface area contributed by atoms with E-state index in [4.69, 9.17) is 4.74 Å². The number of rotatable bonds is 9. The summed E-state index contributed by atoms with van der Waals surface area (Å²) in [5.74, 6) is -0.573. The summed E-state index contributed by atoms with van der Waals surface area (Å²) in [6.45, 7) is 17.2. The molecule has 0 fully saturated rings. The van der Waals surface area contributed by atoms with E-state index in [1.165, 1.54) is 0 Å². The van der Waals surface area contributed by atoms with Crippen LogP contribution < -0.4 is 10.6 Å². The maximum Gasteiger partial charge on any atom is 0.408 e. The van der Waals surface area contributed by atoms with Crippen molar-refractivity contribution in [2.45, 2.75) is 98.9 Å². The highest BCUT2D eigenvalue weighted by Gasteiger charge is 2.36. The van der Waals surface area contributed by atoms with Crippen LogP contribution in [0.5, 0.6) is 0 Å². The maximum absolute atomic E-state index is 13.5. The van der Waals surface area contributed by atoms with E-state index in [-0.39, 0.29) is 17.9 Å². The van der Waals surface area contributed by atoms with Gasteiger partial charge in [-0.3, -0.25) is 9.59 Å². The molecule has 0 saturated heterocycles. The Morgan fingerprint density at radius 3 is 2.06 bits per heavy atom. The SMILES string of the molecule is CCCCNC(=O)C(c1cc(C)cc(C)c1)N(C(=O)C(C)NC(=O)OC(C)(C)C)C(C)C. The van der Waals surface area contributed by atoms with Crippen LogP contribution in [-0.2, 0) is 14.3 Å². The molecule has 0 bridgehead atoms. The molecule has 7 nitrogen and oxygen atoms in total. The van der Waals surface area contributed by atoms with Crippen molar-refractivity contribution in [3.63, 3.8) is 0 Å². The van der Waals surface area contributed by atoms with E-state index in [0.29, 0.717) is 6.54 Å². The minimum atomic E-state index is -0.857. The molecule has 180 valence electrons. The molecule has 0 aliphatic rings. The average molecular weight is 448 g/mol. The highest BCUT2D eigenvalue weighted by Crippen LogP contribution is 2.27. The molecule has 0 aliphatic carbocycles. The van der Waals surface area contributed by atoms with Crippen LogP contribution >= 0.6 is 0 Å². The Balaban J connectivity index is 3.29. The van der Waals surface area contributed by atoms with Crippen LogP contribution in [0.15, 0.2) is 18.2 Å². The molecule has 1 rings (SSSR count). The van der Waals surface area contributed by atoms with Crippen LogP contribution in [-0.4, -0.2) is 47.0 Å². The van der Waals surface area contributed by atoms with Crippen LogP contribution in [0.25, 0.3) is 0 Å². The smallest absolute Gasteiger partial charge is 0.408 e. The van der Waals surface area contributed by atoms with Gasteiger partial charge in [-0.05, 0) is 67.4 Å². The highest BCUT2D eigenvalue weighted by atomic mass is 16.6. The van der Waals surface area contributed by atoms with Crippen molar-refractivity contribution in [2.75, 3.05) is 6.54 Å². The zero-order chi connectivity index (χ0) is 24.6. The molecular formula is C25H41N3O4. The van der Waals surface area contributed by atoms with Crippen LogP contribution in [0.2, 0.25) is 0 Å². The molecule has 0 aliphatic heterocycles. The van der Waals surface area contributed by atoms with E-state index in [2.05, 4.69) is 17.6 Å². The number of ether oxygens (including phenoxy) is 1. The molecule has 0 aromatic heterocycles. The monoisotopic (exact) mass is 447 g/mol. The number of aryl methyl sites for hydroxylation is 2. The number of nitrogens with one attached hydrogen (secondary N) is 2. The summed E-state index contributed by atoms with van der Waals surface area (Å²) in [6, 6.07) is 3.97. The number of hydrogen-bond acceptors (Lipinski definition) is 4. The molecule has 2 atom stereocenters. The van der Waals surface area contributed by atoms with E-state index in [0.717, 1.165) is 29.5 Å². The first-order chi connectivity index (χ1) is 14.8. The molecule has 0 saturated carbocycles.